The molecule has 6 nitrogen and oxygen atoms in total. The van der Waals surface area contributed by atoms with Crippen LogP contribution in [-0.2, 0) is 10.0 Å². The minimum absolute atomic E-state index is 0.109. The van der Waals surface area contributed by atoms with Gasteiger partial charge in [-0.1, -0.05) is 0 Å². The summed E-state index contributed by atoms with van der Waals surface area (Å²) in [6.07, 6.45) is 1.63. The number of hydrogen-bond donors (Lipinski definition) is 1. The van der Waals surface area contributed by atoms with Gasteiger partial charge >= 0.3 is 0 Å². The van der Waals surface area contributed by atoms with Crippen molar-refractivity contribution in [2.24, 2.45) is 5.73 Å². The lowest BCUT2D eigenvalue weighted by atomic mass is 10.1. The molecule has 1 fully saturated rings. The molecule has 1 saturated heterocycles. The van der Waals surface area contributed by atoms with Gasteiger partial charge in [-0.3, -0.25) is 0 Å². The number of benzene rings is 1. The molecule has 112 valence electrons. The van der Waals surface area contributed by atoms with Gasteiger partial charge < -0.3 is 15.2 Å². The molecule has 7 heteroatoms. The molecule has 1 aromatic carbocycles. The summed E-state index contributed by atoms with van der Waals surface area (Å²) < 4.78 is 37.0. The molecule has 20 heavy (non-hydrogen) atoms. The molecule has 1 aliphatic heterocycles. The van der Waals surface area contributed by atoms with Crippen LogP contribution in [0.4, 0.5) is 0 Å². The number of piperidine rings is 1. The molecule has 2 rings (SSSR count). The van der Waals surface area contributed by atoms with Crippen molar-refractivity contribution in [3.63, 3.8) is 0 Å². The van der Waals surface area contributed by atoms with E-state index < -0.39 is 10.0 Å². The number of hydrogen-bond acceptors (Lipinski definition) is 5. The summed E-state index contributed by atoms with van der Waals surface area (Å²) in [6, 6.07) is 4.58. The van der Waals surface area contributed by atoms with E-state index in [1.54, 1.807) is 12.1 Å². The van der Waals surface area contributed by atoms with E-state index >= 15 is 0 Å². The summed E-state index contributed by atoms with van der Waals surface area (Å²) in [6.45, 7) is 0.836. The predicted octanol–water partition coefficient (Wildman–Crippen LogP) is 0.816. The first kappa shape index (κ1) is 15.1. The first-order valence-corrected chi connectivity index (χ1v) is 7.91. The van der Waals surface area contributed by atoms with E-state index in [4.69, 9.17) is 15.2 Å². The fourth-order valence-electron chi connectivity index (χ4n) is 2.32. The maximum absolute atomic E-state index is 12.7. The van der Waals surface area contributed by atoms with Gasteiger partial charge in [0.05, 0.1) is 14.2 Å². The smallest absolute Gasteiger partial charge is 0.246 e. The van der Waals surface area contributed by atoms with Gasteiger partial charge in [0.25, 0.3) is 0 Å². The second-order valence-corrected chi connectivity index (χ2v) is 6.69. The van der Waals surface area contributed by atoms with E-state index in [-0.39, 0.29) is 16.7 Å². The van der Waals surface area contributed by atoms with Gasteiger partial charge in [-0.15, -0.1) is 0 Å². The lowest BCUT2D eigenvalue weighted by molar-refractivity contribution is 0.314. The first-order chi connectivity index (χ1) is 9.48. The lowest BCUT2D eigenvalue weighted by Crippen LogP contribution is -2.45. The molecule has 0 amide bonds. The Balaban J connectivity index is 2.38. The Kier molecular flexibility index (Phi) is 4.52. The highest BCUT2D eigenvalue weighted by Crippen LogP contribution is 2.31. The topological polar surface area (TPSA) is 81.9 Å². The van der Waals surface area contributed by atoms with Gasteiger partial charge in [0.2, 0.25) is 10.0 Å². The number of nitrogens with two attached hydrogens (primary N) is 1. The van der Waals surface area contributed by atoms with Gasteiger partial charge in [-0.05, 0) is 25.0 Å². The molecule has 0 saturated carbocycles. The Morgan fingerprint density at radius 1 is 1.30 bits per heavy atom. The number of nitrogens with zero attached hydrogens (tertiary/aromatic N) is 1. The zero-order valence-electron chi connectivity index (χ0n) is 11.7. The fraction of sp³-hybridized carbons (Fsp3) is 0.538. The Morgan fingerprint density at radius 2 is 2.05 bits per heavy atom. The average molecular weight is 300 g/mol. The minimum atomic E-state index is -3.59. The highest BCUT2D eigenvalue weighted by atomic mass is 32.2. The quantitative estimate of drug-likeness (QED) is 0.890. The van der Waals surface area contributed by atoms with Gasteiger partial charge in [-0.25, -0.2) is 8.42 Å². The van der Waals surface area contributed by atoms with Gasteiger partial charge in [0, 0.05) is 25.2 Å². The maximum atomic E-state index is 12.7. The molecule has 0 bridgehead atoms. The molecule has 0 spiro atoms. The number of rotatable bonds is 4. The zero-order valence-corrected chi connectivity index (χ0v) is 12.5. The van der Waals surface area contributed by atoms with Crippen LogP contribution in [0.15, 0.2) is 23.1 Å². The van der Waals surface area contributed by atoms with Crippen LogP contribution >= 0.6 is 0 Å². The predicted molar refractivity (Wildman–Crippen MR) is 75.5 cm³/mol. The Morgan fingerprint density at radius 3 is 2.65 bits per heavy atom. The highest BCUT2D eigenvalue weighted by molar-refractivity contribution is 7.89. The fourth-order valence-corrected chi connectivity index (χ4v) is 3.99. The molecular formula is C13H20N2O4S. The van der Waals surface area contributed by atoms with Crippen molar-refractivity contribution in [3.05, 3.63) is 18.2 Å². The Bertz CT molecular complexity index is 574. The average Bonchev–Trinajstić information content (AvgIpc) is 2.46. The number of methoxy groups -OCH3 is 2. The van der Waals surface area contributed by atoms with Crippen molar-refractivity contribution in [1.29, 1.82) is 0 Å². The molecule has 0 aromatic heterocycles. The molecule has 1 atom stereocenters. The van der Waals surface area contributed by atoms with E-state index in [0.717, 1.165) is 12.8 Å². The zero-order chi connectivity index (χ0) is 14.8. The van der Waals surface area contributed by atoms with Crippen LogP contribution in [0, 0.1) is 0 Å². The third-order valence-corrected chi connectivity index (χ3v) is 5.31. The number of sulfonamides is 1. The van der Waals surface area contributed by atoms with E-state index in [9.17, 15) is 8.42 Å². The standard InChI is InChI=1S/C13H20N2O4S/c1-18-11-5-6-13(12(8-11)19-2)20(16,17)15-7-3-4-10(14)9-15/h5-6,8,10H,3-4,7,9,14H2,1-2H3/t10-/m1/s1. The van der Waals surface area contributed by atoms with Crippen LogP contribution < -0.4 is 15.2 Å². The third kappa shape index (κ3) is 2.89. The number of ether oxygens (including phenoxy) is 2. The molecular weight excluding hydrogens is 280 g/mol. The largest absolute Gasteiger partial charge is 0.497 e. The van der Waals surface area contributed by atoms with Crippen LogP contribution in [0.2, 0.25) is 0 Å². The van der Waals surface area contributed by atoms with E-state index in [0.29, 0.717) is 18.8 Å². The lowest BCUT2D eigenvalue weighted by Gasteiger charge is -2.30. The van der Waals surface area contributed by atoms with Crippen molar-refractivity contribution in [2.45, 2.75) is 23.8 Å². The van der Waals surface area contributed by atoms with Crippen LogP contribution in [0.5, 0.6) is 11.5 Å². The molecule has 1 heterocycles. The van der Waals surface area contributed by atoms with Gasteiger partial charge in [0.1, 0.15) is 16.4 Å². The SMILES string of the molecule is COc1ccc(S(=O)(=O)N2CCC[C@@H](N)C2)c(OC)c1. The second-order valence-electron chi connectivity index (χ2n) is 4.78. The summed E-state index contributed by atoms with van der Waals surface area (Å²) in [4.78, 5) is 0.148. The maximum Gasteiger partial charge on any atom is 0.246 e. The van der Waals surface area contributed by atoms with Crippen LogP contribution in [0.1, 0.15) is 12.8 Å². The van der Waals surface area contributed by atoms with Crippen molar-refractivity contribution < 1.29 is 17.9 Å². The van der Waals surface area contributed by atoms with E-state index in [1.165, 1.54) is 24.6 Å². The normalized spacial score (nSPS) is 20.6. The Labute approximate surface area is 119 Å². The monoisotopic (exact) mass is 300 g/mol. The van der Waals surface area contributed by atoms with Crippen molar-refractivity contribution >= 4 is 10.0 Å². The highest BCUT2D eigenvalue weighted by Gasteiger charge is 2.31. The minimum Gasteiger partial charge on any atom is -0.497 e. The van der Waals surface area contributed by atoms with Crippen LogP contribution in [0.25, 0.3) is 0 Å². The second kappa shape index (κ2) is 5.99. The van der Waals surface area contributed by atoms with E-state index in [2.05, 4.69) is 0 Å². The summed E-state index contributed by atoms with van der Waals surface area (Å²) >= 11 is 0. The van der Waals surface area contributed by atoms with Crippen molar-refractivity contribution in [1.82, 2.24) is 4.31 Å². The molecule has 0 radical (unpaired) electrons. The third-order valence-electron chi connectivity index (χ3n) is 3.41. The Hall–Kier alpha value is -1.31. The summed E-state index contributed by atoms with van der Waals surface area (Å²) in [5.74, 6) is 0.833. The van der Waals surface area contributed by atoms with Crippen LogP contribution in [-0.4, -0.2) is 46.1 Å². The van der Waals surface area contributed by atoms with Crippen molar-refractivity contribution in [2.75, 3.05) is 27.3 Å². The summed E-state index contributed by atoms with van der Waals surface area (Å²) in [5, 5.41) is 0. The summed E-state index contributed by atoms with van der Waals surface area (Å²) in [5.41, 5.74) is 5.86. The van der Waals surface area contributed by atoms with Crippen LogP contribution in [0.3, 0.4) is 0 Å². The molecule has 0 aliphatic carbocycles. The molecule has 2 N–H and O–H groups in total. The summed E-state index contributed by atoms with van der Waals surface area (Å²) in [7, 11) is -0.629. The molecule has 0 unspecified atom stereocenters. The molecule has 1 aromatic rings. The van der Waals surface area contributed by atoms with E-state index in [1.807, 2.05) is 0 Å². The van der Waals surface area contributed by atoms with Gasteiger partial charge in [-0.2, -0.15) is 4.31 Å². The molecule has 1 aliphatic rings. The van der Waals surface area contributed by atoms with Gasteiger partial charge in [0.15, 0.2) is 0 Å². The van der Waals surface area contributed by atoms with Crippen molar-refractivity contribution in [3.8, 4) is 11.5 Å². The first-order valence-electron chi connectivity index (χ1n) is 6.47.